The molecule has 46 heavy (non-hydrogen) atoms. The van der Waals surface area contributed by atoms with Crippen LogP contribution < -0.4 is 21.6 Å². The van der Waals surface area contributed by atoms with Crippen LogP contribution >= 0.6 is 0 Å². The van der Waals surface area contributed by atoms with E-state index in [0.717, 1.165) is 55.4 Å². The summed E-state index contributed by atoms with van der Waals surface area (Å²) < 4.78 is 9.29. The third-order valence-corrected chi connectivity index (χ3v) is 9.80. The SMILES string of the molecule is CC1C=c2c(c3ccccc3c3cc4c(cc23)c(=O)n2c(=O)c3oc5cc(-c6ccccc6-c6ccccc6)ccc5c3n42)=CC1. The van der Waals surface area contributed by atoms with Crippen molar-refractivity contribution in [3.8, 4) is 22.3 Å². The van der Waals surface area contributed by atoms with E-state index in [1.807, 2.05) is 48.5 Å². The van der Waals surface area contributed by atoms with Crippen LogP contribution in [0.1, 0.15) is 13.3 Å². The Balaban J connectivity index is 1.29. The van der Waals surface area contributed by atoms with Gasteiger partial charge in [-0.15, -0.1) is 0 Å². The van der Waals surface area contributed by atoms with Gasteiger partial charge in [0.25, 0.3) is 5.56 Å². The minimum Gasteiger partial charge on any atom is -0.448 e. The quantitative estimate of drug-likeness (QED) is 0.195. The lowest BCUT2D eigenvalue weighted by atomic mass is 9.90. The lowest BCUT2D eigenvalue weighted by Gasteiger charge is -2.13. The molecule has 0 saturated carbocycles. The molecule has 0 saturated heterocycles. The number of hydrogen-bond donors (Lipinski definition) is 0. The highest BCUT2D eigenvalue weighted by Gasteiger charge is 2.24. The van der Waals surface area contributed by atoms with Gasteiger partial charge in [-0.1, -0.05) is 104 Å². The van der Waals surface area contributed by atoms with Crippen molar-refractivity contribution < 1.29 is 4.42 Å². The average molecular weight is 595 g/mol. The molecule has 1 unspecified atom stereocenters. The molecule has 0 aliphatic heterocycles. The van der Waals surface area contributed by atoms with Gasteiger partial charge in [-0.2, -0.15) is 4.52 Å². The van der Waals surface area contributed by atoms with Crippen LogP contribution in [0.3, 0.4) is 0 Å². The molecule has 10 rings (SSSR count). The number of furan rings is 1. The van der Waals surface area contributed by atoms with Gasteiger partial charge in [0.1, 0.15) is 11.1 Å². The highest BCUT2D eigenvalue weighted by Crippen LogP contribution is 2.37. The molecule has 0 N–H and O–H groups in total. The van der Waals surface area contributed by atoms with Crippen LogP contribution in [0.2, 0.25) is 0 Å². The van der Waals surface area contributed by atoms with Crippen molar-refractivity contribution in [2.45, 2.75) is 13.3 Å². The molecule has 3 heterocycles. The summed E-state index contributed by atoms with van der Waals surface area (Å²) in [6, 6.07) is 37.2. The fourth-order valence-corrected chi connectivity index (χ4v) is 7.70. The molecule has 1 aliphatic carbocycles. The predicted molar refractivity (Wildman–Crippen MR) is 187 cm³/mol. The zero-order valence-corrected chi connectivity index (χ0v) is 25.0. The van der Waals surface area contributed by atoms with Gasteiger partial charge in [-0.25, -0.2) is 4.52 Å². The molecule has 0 fully saturated rings. The number of nitrogens with zero attached hydrogens (tertiary/aromatic N) is 2. The van der Waals surface area contributed by atoms with Crippen LogP contribution in [0, 0.1) is 5.92 Å². The topological polar surface area (TPSA) is 56.1 Å². The van der Waals surface area contributed by atoms with Gasteiger partial charge in [0, 0.05) is 5.39 Å². The Kier molecular flexibility index (Phi) is 5.00. The van der Waals surface area contributed by atoms with Crippen molar-refractivity contribution in [3.05, 3.63) is 140 Å². The van der Waals surface area contributed by atoms with E-state index in [2.05, 4.69) is 79.7 Å². The monoisotopic (exact) mass is 594 g/mol. The molecule has 9 aromatic rings. The lowest BCUT2D eigenvalue weighted by molar-refractivity contribution is 0.662. The molecule has 0 radical (unpaired) electrons. The first-order chi connectivity index (χ1) is 22.6. The number of benzene rings is 6. The fraction of sp³-hybridized carbons (Fsp3) is 0.0732. The zero-order valence-electron chi connectivity index (χ0n) is 25.0. The third-order valence-electron chi connectivity index (χ3n) is 9.80. The molecule has 5 heteroatoms. The first-order valence-electron chi connectivity index (χ1n) is 15.7. The van der Waals surface area contributed by atoms with E-state index in [1.165, 1.54) is 15.1 Å². The van der Waals surface area contributed by atoms with Crippen LogP contribution in [0.15, 0.2) is 123 Å². The van der Waals surface area contributed by atoms with E-state index in [0.29, 0.717) is 27.9 Å². The molecule has 0 amide bonds. The number of hydrogen-bond acceptors (Lipinski definition) is 3. The Bertz CT molecular complexity index is 3000. The van der Waals surface area contributed by atoms with Gasteiger partial charge in [0.15, 0.2) is 0 Å². The smallest absolute Gasteiger partial charge is 0.318 e. The van der Waals surface area contributed by atoms with E-state index in [1.54, 1.807) is 4.52 Å². The molecule has 1 atom stereocenters. The third kappa shape index (κ3) is 3.29. The summed E-state index contributed by atoms with van der Waals surface area (Å²) in [5.74, 6) is 0.402. The molecule has 0 spiro atoms. The van der Waals surface area contributed by atoms with Crippen molar-refractivity contribution >= 4 is 66.7 Å². The second-order valence-corrected chi connectivity index (χ2v) is 12.5. The second kappa shape index (κ2) is 9.05. The highest BCUT2D eigenvalue weighted by molar-refractivity contribution is 6.13. The van der Waals surface area contributed by atoms with E-state index in [-0.39, 0.29) is 11.1 Å². The van der Waals surface area contributed by atoms with Crippen LogP contribution in [-0.2, 0) is 0 Å². The van der Waals surface area contributed by atoms with Crippen LogP contribution in [0.5, 0.6) is 0 Å². The molecule has 6 aromatic carbocycles. The minimum absolute atomic E-state index is 0.189. The Morgan fingerprint density at radius 2 is 1.35 bits per heavy atom. The summed E-state index contributed by atoms with van der Waals surface area (Å²) in [5, 5.41) is 8.13. The second-order valence-electron chi connectivity index (χ2n) is 12.5. The largest absolute Gasteiger partial charge is 0.448 e. The van der Waals surface area contributed by atoms with Crippen molar-refractivity contribution in [3.63, 3.8) is 0 Å². The van der Waals surface area contributed by atoms with Crippen molar-refractivity contribution in [2.24, 2.45) is 5.92 Å². The van der Waals surface area contributed by atoms with Gasteiger partial charge in [0.2, 0.25) is 5.58 Å². The summed E-state index contributed by atoms with van der Waals surface area (Å²) in [6.07, 6.45) is 5.62. The summed E-state index contributed by atoms with van der Waals surface area (Å²) in [7, 11) is 0. The first kappa shape index (κ1) is 25.4. The van der Waals surface area contributed by atoms with E-state index < -0.39 is 5.56 Å². The lowest BCUT2D eigenvalue weighted by Crippen LogP contribution is -2.30. The number of fused-ring (bicyclic) bond motifs is 13. The normalized spacial score (nSPS) is 14.8. The maximum Gasteiger partial charge on any atom is 0.318 e. The van der Waals surface area contributed by atoms with Gasteiger partial charge in [-0.05, 0) is 90.8 Å². The molecule has 0 bridgehead atoms. The Hall–Kier alpha value is -5.94. The minimum atomic E-state index is -0.442. The Morgan fingerprint density at radius 3 is 2.17 bits per heavy atom. The average Bonchev–Trinajstić information content (AvgIpc) is 3.71. The Labute approximate surface area is 261 Å². The van der Waals surface area contributed by atoms with Crippen molar-refractivity contribution in [2.75, 3.05) is 0 Å². The molecule has 3 aromatic heterocycles. The molecule has 5 nitrogen and oxygen atoms in total. The maximum atomic E-state index is 13.9. The Morgan fingerprint density at radius 1 is 0.609 bits per heavy atom. The van der Waals surface area contributed by atoms with E-state index in [9.17, 15) is 9.59 Å². The van der Waals surface area contributed by atoms with Crippen LogP contribution in [0.4, 0.5) is 0 Å². The maximum absolute atomic E-state index is 13.9. The summed E-state index contributed by atoms with van der Waals surface area (Å²) in [4.78, 5) is 27.8. The van der Waals surface area contributed by atoms with Gasteiger partial charge in [-0.3, -0.25) is 9.59 Å². The molecule has 1 aliphatic rings. The van der Waals surface area contributed by atoms with Crippen molar-refractivity contribution in [1.29, 1.82) is 0 Å². The number of aromatic nitrogens is 2. The molecule has 218 valence electrons. The summed E-state index contributed by atoms with van der Waals surface area (Å²) in [5.41, 5.74) is 5.66. The van der Waals surface area contributed by atoms with Gasteiger partial charge < -0.3 is 4.42 Å². The fourth-order valence-electron chi connectivity index (χ4n) is 7.70. The predicted octanol–water partition coefficient (Wildman–Crippen LogP) is 7.49. The van der Waals surface area contributed by atoms with Gasteiger partial charge in [0.05, 0.1) is 10.9 Å². The first-order valence-corrected chi connectivity index (χ1v) is 15.7. The van der Waals surface area contributed by atoms with Crippen molar-refractivity contribution in [1.82, 2.24) is 9.03 Å². The number of rotatable bonds is 2. The van der Waals surface area contributed by atoms with E-state index in [4.69, 9.17) is 4.42 Å². The molecular weight excluding hydrogens is 568 g/mol. The molecular formula is C41H26N2O3. The van der Waals surface area contributed by atoms with Crippen LogP contribution in [0.25, 0.3) is 88.9 Å². The van der Waals surface area contributed by atoms with E-state index >= 15 is 0 Å². The highest BCUT2D eigenvalue weighted by atomic mass is 16.3. The van der Waals surface area contributed by atoms with Crippen LogP contribution in [-0.4, -0.2) is 9.03 Å². The van der Waals surface area contributed by atoms with Gasteiger partial charge >= 0.3 is 5.56 Å². The zero-order chi connectivity index (χ0) is 30.7. The summed E-state index contributed by atoms with van der Waals surface area (Å²) in [6.45, 7) is 2.22. The standard InChI is InChI=1S/C41H26N2O3/c1-23-15-17-30-28-13-7-8-14-29(28)34-22-36-35(21-33(34)32(30)19-23)40(44)43-41(45)39-38(42(36)43)31-18-16-25(20-37(31)46-39)27-12-6-5-11-26(27)24-9-3-2-4-10-24/h2-14,16-23H,15H2,1H3. The summed E-state index contributed by atoms with van der Waals surface area (Å²) >= 11 is 0.